The summed E-state index contributed by atoms with van der Waals surface area (Å²) in [5.41, 5.74) is 1.51. The van der Waals surface area contributed by atoms with Gasteiger partial charge in [0.15, 0.2) is 0 Å². The van der Waals surface area contributed by atoms with Crippen LogP contribution in [0.15, 0.2) is 18.2 Å². The summed E-state index contributed by atoms with van der Waals surface area (Å²) >= 11 is 0. The molecule has 3 heterocycles. The number of amides is 4. The maximum absolute atomic E-state index is 13.2. The molecule has 0 spiro atoms. The van der Waals surface area contributed by atoms with Crippen molar-refractivity contribution in [1.29, 1.82) is 0 Å². The molecule has 0 aromatic heterocycles. The standard InChI is InChI=1S/C22H26N4O4/c27-18-7-6-17(20(28)25-18)26-21(29)16-3-1-2-13(19(16)22(26)30)11-24-15-5-4-12-9-23-10-14(12)8-15/h1-3,12,14-15,17,23-24H,4-11H2,(H,25,27,28). The minimum atomic E-state index is -0.930. The van der Waals surface area contributed by atoms with Crippen LogP contribution in [0, 0.1) is 11.8 Å². The van der Waals surface area contributed by atoms with Crippen LogP contribution in [0.3, 0.4) is 0 Å². The van der Waals surface area contributed by atoms with Crippen LogP contribution in [-0.4, -0.2) is 53.7 Å². The van der Waals surface area contributed by atoms with Crippen molar-refractivity contribution >= 4 is 23.6 Å². The molecule has 30 heavy (non-hydrogen) atoms. The minimum Gasteiger partial charge on any atom is -0.316 e. The summed E-state index contributed by atoms with van der Waals surface area (Å²) in [6, 6.07) is 4.77. The highest BCUT2D eigenvalue weighted by molar-refractivity contribution is 6.24. The second-order valence-corrected chi connectivity index (χ2v) is 8.86. The number of benzene rings is 1. The number of fused-ring (bicyclic) bond motifs is 2. The zero-order valence-electron chi connectivity index (χ0n) is 16.8. The van der Waals surface area contributed by atoms with E-state index >= 15 is 0 Å². The average molecular weight is 410 g/mol. The van der Waals surface area contributed by atoms with Crippen molar-refractivity contribution in [3.05, 3.63) is 34.9 Å². The molecule has 3 aliphatic heterocycles. The van der Waals surface area contributed by atoms with E-state index in [0.29, 0.717) is 29.6 Å². The van der Waals surface area contributed by atoms with Crippen LogP contribution in [-0.2, 0) is 16.1 Å². The van der Waals surface area contributed by atoms with Crippen molar-refractivity contribution in [3.8, 4) is 0 Å². The largest absolute Gasteiger partial charge is 0.316 e. The molecule has 4 amide bonds. The molecular weight excluding hydrogens is 384 g/mol. The Balaban J connectivity index is 1.32. The predicted octanol–water partition coefficient (Wildman–Crippen LogP) is 0.566. The number of nitrogens with zero attached hydrogens (tertiary/aromatic N) is 1. The van der Waals surface area contributed by atoms with Gasteiger partial charge in [0.1, 0.15) is 6.04 Å². The first-order valence-corrected chi connectivity index (χ1v) is 10.8. The van der Waals surface area contributed by atoms with E-state index in [9.17, 15) is 19.2 Å². The smallest absolute Gasteiger partial charge is 0.262 e. The topological polar surface area (TPSA) is 108 Å². The van der Waals surface area contributed by atoms with E-state index in [1.807, 2.05) is 6.07 Å². The van der Waals surface area contributed by atoms with Gasteiger partial charge in [-0.05, 0) is 62.2 Å². The second kappa shape index (κ2) is 7.59. The Morgan fingerprint density at radius 1 is 1.00 bits per heavy atom. The lowest BCUT2D eigenvalue weighted by molar-refractivity contribution is -0.136. The Labute approximate surface area is 174 Å². The third-order valence-corrected chi connectivity index (χ3v) is 7.09. The fourth-order valence-electron chi connectivity index (χ4n) is 5.47. The number of piperidine rings is 1. The highest BCUT2D eigenvalue weighted by Gasteiger charge is 2.45. The third-order valence-electron chi connectivity index (χ3n) is 7.09. The van der Waals surface area contributed by atoms with Gasteiger partial charge in [0, 0.05) is 19.0 Å². The molecule has 4 atom stereocenters. The minimum absolute atomic E-state index is 0.122. The first-order valence-electron chi connectivity index (χ1n) is 10.8. The molecule has 3 fully saturated rings. The summed E-state index contributed by atoms with van der Waals surface area (Å²) in [5.74, 6) is -0.351. The molecule has 4 unspecified atom stereocenters. The fourth-order valence-corrected chi connectivity index (χ4v) is 5.47. The first-order chi connectivity index (χ1) is 14.5. The van der Waals surface area contributed by atoms with Crippen molar-refractivity contribution in [3.63, 3.8) is 0 Å². The zero-order chi connectivity index (χ0) is 20.8. The SMILES string of the molecule is O=C1CCC(N2C(=O)c3cccc(CNC4CCC5CNCC5C4)c3C2=O)C(=O)N1. The fraction of sp³-hybridized carbons (Fsp3) is 0.545. The predicted molar refractivity (Wildman–Crippen MR) is 107 cm³/mol. The summed E-state index contributed by atoms with van der Waals surface area (Å²) in [7, 11) is 0. The molecule has 1 aromatic rings. The number of nitrogens with one attached hydrogen (secondary N) is 3. The van der Waals surface area contributed by atoms with E-state index in [2.05, 4.69) is 16.0 Å². The molecule has 8 nitrogen and oxygen atoms in total. The Hall–Kier alpha value is -2.58. The second-order valence-electron chi connectivity index (χ2n) is 8.86. The van der Waals surface area contributed by atoms with Crippen LogP contribution in [0.4, 0.5) is 0 Å². The van der Waals surface area contributed by atoms with Gasteiger partial charge in [-0.1, -0.05) is 12.1 Å². The number of carbonyl (C=O) groups is 4. The molecule has 3 N–H and O–H groups in total. The molecule has 8 heteroatoms. The monoisotopic (exact) mass is 410 g/mol. The normalized spacial score (nSPS) is 31.0. The summed E-state index contributed by atoms with van der Waals surface area (Å²) in [4.78, 5) is 50.8. The van der Waals surface area contributed by atoms with E-state index in [-0.39, 0.29) is 18.7 Å². The highest BCUT2D eigenvalue weighted by atomic mass is 16.2. The number of rotatable bonds is 4. The number of hydrogen-bond donors (Lipinski definition) is 3. The highest BCUT2D eigenvalue weighted by Crippen LogP contribution is 2.33. The van der Waals surface area contributed by atoms with Crippen LogP contribution in [0.25, 0.3) is 0 Å². The molecule has 5 rings (SSSR count). The van der Waals surface area contributed by atoms with Crippen LogP contribution in [0.5, 0.6) is 0 Å². The van der Waals surface area contributed by atoms with E-state index in [1.54, 1.807) is 12.1 Å². The molecule has 1 aliphatic carbocycles. The molecule has 4 aliphatic rings. The van der Waals surface area contributed by atoms with Gasteiger partial charge in [-0.3, -0.25) is 29.4 Å². The van der Waals surface area contributed by atoms with Gasteiger partial charge in [0.05, 0.1) is 11.1 Å². The summed E-state index contributed by atoms with van der Waals surface area (Å²) in [6.45, 7) is 2.72. The lowest BCUT2D eigenvalue weighted by atomic mass is 9.79. The Morgan fingerprint density at radius 3 is 2.67 bits per heavy atom. The average Bonchev–Trinajstić information content (AvgIpc) is 3.30. The molecule has 1 aromatic carbocycles. The number of hydrogen-bond acceptors (Lipinski definition) is 6. The summed E-state index contributed by atoms with van der Waals surface area (Å²) in [6.07, 6.45) is 3.75. The summed E-state index contributed by atoms with van der Waals surface area (Å²) < 4.78 is 0. The lowest BCUT2D eigenvalue weighted by Crippen LogP contribution is -2.54. The molecule has 1 saturated carbocycles. The van der Waals surface area contributed by atoms with Gasteiger partial charge in [-0.2, -0.15) is 0 Å². The van der Waals surface area contributed by atoms with Crippen LogP contribution in [0.1, 0.15) is 58.4 Å². The lowest BCUT2D eigenvalue weighted by Gasteiger charge is -2.32. The van der Waals surface area contributed by atoms with Crippen molar-refractivity contribution in [2.75, 3.05) is 13.1 Å². The van der Waals surface area contributed by atoms with Gasteiger partial charge in [-0.25, -0.2) is 0 Å². The summed E-state index contributed by atoms with van der Waals surface area (Å²) in [5, 5.41) is 9.30. The Morgan fingerprint density at radius 2 is 1.83 bits per heavy atom. The van der Waals surface area contributed by atoms with Crippen molar-refractivity contribution in [1.82, 2.24) is 20.9 Å². The van der Waals surface area contributed by atoms with E-state index in [4.69, 9.17) is 0 Å². The Kier molecular flexibility index (Phi) is 4.91. The van der Waals surface area contributed by atoms with Gasteiger partial charge in [0.2, 0.25) is 11.8 Å². The molecular formula is C22H26N4O4. The molecule has 158 valence electrons. The van der Waals surface area contributed by atoms with Crippen LogP contribution >= 0.6 is 0 Å². The van der Waals surface area contributed by atoms with Gasteiger partial charge < -0.3 is 10.6 Å². The van der Waals surface area contributed by atoms with E-state index in [0.717, 1.165) is 42.3 Å². The molecule has 0 radical (unpaired) electrons. The van der Waals surface area contributed by atoms with Gasteiger partial charge in [-0.15, -0.1) is 0 Å². The quantitative estimate of drug-likeness (QED) is 0.627. The van der Waals surface area contributed by atoms with Crippen molar-refractivity contribution in [2.24, 2.45) is 11.8 Å². The van der Waals surface area contributed by atoms with E-state index < -0.39 is 23.8 Å². The number of imide groups is 2. The third kappa shape index (κ3) is 3.24. The zero-order valence-corrected chi connectivity index (χ0v) is 16.8. The van der Waals surface area contributed by atoms with Crippen LogP contribution in [0.2, 0.25) is 0 Å². The van der Waals surface area contributed by atoms with Gasteiger partial charge >= 0.3 is 0 Å². The Bertz CT molecular complexity index is 930. The van der Waals surface area contributed by atoms with E-state index in [1.165, 1.54) is 6.42 Å². The maximum atomic E-state index is 13.2. The van der Waals surface area contributed by atoms with Crippen molar-refractivity contribution in [2.45, 2.75) is 50.7 Å². The first kappa shape index (κ1) is 19.4. The molecule has 0 bridgehead atoms. The van der Waals surface area contributed by atoms with Gasteiger partial charge in [0.25, 0.3) is 11.8 Å². The number of carbonyl (C=O) groups excluding carboxylic acids is 4. The van der Waals surface area contributed by atoms with Crippen LogP contribution < -0.4 is 16.0 Å². The molecule has 2 saturated heterocycles. The van der Waals surface area contributed by atoms with Crippen molar-refractivity contribution < 1.29 is 19.2 Å². The maximum Gasteiger partial charge on any atom is 0.262 e.